The summed E-state index contributed by atoms with van der Waals surface area (Å²) in [6, 6.07) is 13.9. The Labute approximate surface area is 148 Å². The van der Waals surface area contributed by atoms with Crippen molar-refractivity contribution in [2.75, 3.05) is 25.7 Å². The number of ether oxygens (including phenoxy) is 2. The maximum Gasteiger partial charge on any atom is 0.222 e. The van der Waals surface area contributed by atoms with Crippen LogP contribution in [0.15, 0.2) is 42.5 Å². The summed E-state index contributed by atoms with van der Waals surface area (Å²) >= 11 is 0. The molecule has 2 aromatic rings. The van der Waals surface area contributed by atoms with E-state index in [0.717, 1.165) is 22.7 Å². The number of hydrogen-bond donors (Lipinski definition) is 1. The smallest absolute Gasteiger partial charge is 0.222 e. The monoisotopic (exact) mass is 340 g/mol. The van der Waals surface area contributed by atoms with Crippen molar-refractivity contribution in [3.8, 4) is 11.5 Å². The summed E-state index contributed by atoms with van der Waals surface area (Å²) in [6.07, 6.45) is 0.388. The van der Waals surface area contributed by atoms with Crippen LogP contribution in [-0.4, -0.2) is 32.7 Å². The fraction of sp³-hybridized carbons (Fsp3) is 0.350. The second-order valence-electron chi connectivity index (χ2n) is 6.34. The highest BCUT2D eigenvalue weighted by atomic mass is 16.5. The van der Waals surface area contributed by atoms with Crippen molar-refractivity contribution >= 4 is 11.6 Å². The normalized spacial score (nSPS) is 16.0. The van der Waals surface area contributed by atoms with Gasteiger partial charge in [0, 0.05) is 19.2 Å². The van der Waals surface area contributed by atoms with Gasteiger partial charge in [-0.05, 0) is 30.7 Å². The van der Waals surface area contributed by atoms with Crippen molar-refractivity contribution < 1.29 is 14.3 Å². The molecule has 5 heteroatoms. The SMILES string of the molecule is COc1ccccc1CNC(=O)C[C@H]1COc2cc(C)ccc2N1C. The van der Waals surface area contributed by atoms with Crippen LogP contribution in [0.3, 0.4) is 0 Å². The molecule has 5 nitrogen and oxygen atoms in total. The largest absolute Gasteiger partial charge is 0.496 e. The topological polar surface area (TPSA) is 50.8 Å². The quantitative estimate of drug-likeness (QED) is 0.909. The molecule has 25 heavy (non-hydrogen) atoms. The molecule has 0 aliphatic carbocycles. The van der Waals surface area contributed by atoms with Crippen molar-refractivity contribution in [3.05, 3.63) is 53.6 Å². The minimum absolute atomic E-state index is 0.00178. The number of carbonyl (C=O) groups excluding carboxylic acids is 1. The molecule has 0 saturated carbocycles. The van der Waals surface area contributed by atoms with E-state index in [4.69, 9.17) is 9.47 Å². The fourth-order valence-corrected chi connectivity index (χ4v) is 3.05. The van der Waals surface area contributed by atoms with Gasteiger partial charge in [-0.2, -0.15) is 0 Å². The Balaban J connectivity index is 1.59. The molecule has 0 saturated heterocycles. The Morgan fingerprint density at radius 1 is 1.32 bits per heavy atom. The van der Waals surface area contributed by atoms with Crippen LogP contribution in [-0.2, 0) is 11.3 Å². The van der Waals surface area contributed by atoms with Gasteiger partial charge in [0.15, 0.2) is 0 Å². The molecule has 1 N–H and O–H groups in total. The third-order valence-corrected chi connectivity index (χ3v) is 4.56. The van der Waals surface area contributed by atoms with Gasteiger partial charge in [0.2, 0.25) is 5.91 Å². The van der Waals surface area contributed by atoms with Crippen LogP contribution in [0.1, 0.15) is 17.5 Å². The molecule has 1 amide bonds. The molecule has 1 heterocycles. The van der Waals surface area contributed by atoms with Crippen LogP contribution in [0.5, 0.6) is 11.5 Å². The van der Waals surface area contributed by atoms with Crippen molar-refractivity contribution in [2.45, 2.75) is 25.9 Å². The third-order valence-electron chi connectivity index (χ3n) is 4.56. The molecule has 0 aromatic heterocycles. The van der Waals surface area contributed by atoms with Crippen molar-refractivity contribution in [1.82, 2.24) is 5.32 Å². The van der Waals surface area contributed by atoms with Gasteiger partial charge in [-0.3, -0.25) is 4.79 Å². The lowest BCUT2D eigenvalue weighted by atomic mass is 10.1. The number of benzene rings is 2. The van der Waals surface area contributed by atoms with Gasteiger partial charge < -0.3 is 19.7 Å². The zero-order valence-electron chi connectivity index (χ0n) is 14.9. The van der Waals surface area contributed by atoms with E-state index >= 15 is 0 Å². The Morgan fingerprint density at radius 3 is 2.92 bits per heavy atom. The number of carbonyl (C=O) groups is 1. The lowest BCUT2D eigenvalue weighted by molar-refractivity contribution is -0.121. The highest BCUT2D eigenvalue weighted by Gasteiger charge is 2.26. The number of nitrogens with zero attached hydrogens (tertiary/aromatic N) is 1. The highest BCUT2D eigenvalue weighted by molar-refractivity contribution is 5.77. The number of fused-ring (bicyclic) bond motifs is 1. The van der Waals surface area contributed by atoms with Gasteiger partial charge >= 0.3 is 0 Å². The molecule has 0 bridgehead atoms. The van der Waals surface area contributed by atoms with E-state index in [9.17, 15) is 4.79 Å². The summed E-state index contributed by atoms with van der Waals surface area (Å²) in [7, 11) is 3.64. The third kappa shape index (κ3) is 3.87. The molecule has 1 aliphatic heterocycles. The molecule has 3 rings (SSSR count). The van der Waals surface area contributed by atoms with E-state index in [1.165, 1.54) is 5.56 Å². The van der Waals surface area contributed by atoms with E-state index in [1.807, 2.05) is 50.4 Å². The molecule has 1 aliphatic rings. The van der Waals surface area contributed by atoms with E-state index in [-0.39, 0.29) is 11.9 Å². The van der Waals surface area contributed by atoms with Gasteiger partial charge in [0.1, 0.15) is 18.1 Å². The van der Waals surface area contributed by atoms with E-state index in [0.29, 0.717) is 19.6 Å². The molecule has 2 aromatic carbocycles. The van der Waals surface area contributed by atoms with Gasteiger partial charge in [-0.1, -0.05) is 24.3 Å². The molecule has 0 fully saturated rings. The number of nitrogens with one attached hydrogen (secondary N) is 1. The number of anilines is 1. The van der Waals surface area contributed by atoms with Crippen molar-refractivity contribution in [1.29, 1.82) is 0 Å². The van der Waals surface area contributed by atoms with Gasteiger partial charge in [0.05, 0.1) is 25.3 Å². The van der Waals surface area contributed by atoms with E-state index in [1.54, 1.807) is 7.11 Å². The lowest BCUT2D eigenvalue weighted by Crippen LogP contribution is -2.43. The minimum Gasteiger partial charge on any atom is -0.496 e. The predicted molar refractivity (Wildman–Crippen MR) is 98.3 cm³/mol. The predicted octanol–water partition coefficient (Wildman–Crippen LogP) is 2.91. The zero-order chi connectivity index (χ0) is 17.8. The number of methoxy groups -OCH3 is 1. The molecular weight excluding hydrogens is 316 g/mol. The Morgan fingerprint density at radius 2 is 2.12 bits per heavy atom. The first-order chi connectivity index (χ1) is 12.1. The van der Waals surface area contributed by atoms with Crippen LogP contribution >= 0.6 is 0 Å². The van der Waals surface area contributed by atoms with Crippen molar-refractivity contribution in [2.24, 2.45) is 0 Å². The molecular formula is C20H24N2O3. The summed E-state index contributed by atoms with van der Waals surface area (Å²) < 4.78 is 11.2. The Hall–Kier alpha value is -2.69. The first-order valence-corrected chi connectivity index (χ1v) is 8.43. The van der Waals surface area contributed by atoms with Crippen molar-refractivity contribution in [3.63, 3.8) is 0 Å². The van der Waals surface area contributed by atoms with E-state index < -0.39 is 0 Å². The summed E-state index contributed by atoms with van der Waals surface area (Å²) in [5.74, 6) is 1.67. The number of para-hydroxylation sites is 1. The zero-order valence-corrected chi connectivity index (χ0v) is 14.9. The second kappa shape index (κ2) is 7.47. The van der Waals surface area contributed by atoms with Gasteiger partial charge in [-0.25, -0.2) is 0 Å². The molecule has 0 spiro atoms. The minimum atomic E-state index is 0.00178. The number of rotatable bonds is 5. The Kier molecular flexibility index (Phi) is 5.12. The maximum absolute atomic E-state index is 12.4. The maximum atomic E-state index is 12.4. The average molecular weight is 340 g/mol. The Bertz CT molecular complexity index is 760. The number of aryl methyl sites for hydroxylation is 1. The summed E-state index contributed by atoms with van der Waals surface area (Å²) in [5.41, 5.74) is 3.16. The fourth-order valence-electron chi connectivity index (χ4n) is 3.05. The summed E-state index contributed by atoms with van der Waals surface area (Å²) in [6.45, 7) is 3.01. The lowest BCUT2D eigenvalue weighted by Gasteiger charge is -2.35. The molecule has 0 radical (unpaired) electrons. The van der Waals surface area contributed by atoms with Crippen LogP contribution in [0.4, 0.5) is 5.69 Å². The highest BCUT2D eigenvalue weighted by Crippen LogP contribution is 2.34. The summed E-state index contributed by atoms with van der Waals surface area (Å²) in [5, 5.41) is 2.97. The van der Waals surface area contributed by atoms with Crippen LogP contribution < -0.4 is 19.7 Å². The summed E-state index contributed by atoms with van der Waals surface area (Å²) in [4.78, 5) is 14.5. The standard InChI is InChI=1S/C20H24N2O3/c1-14-8-9-17-19(10-14)25-13-16(22(17)2)11-20(23)21-12-15-6-4-5-7-18(15)24-3/h4-10,16H,11-13H2,1-3H3,(H,21,23)/t16-/m0/s1. The number of amides is 1. The number of hydrogen-bond acceptors (Lipinski definition) is 4. The average Bonchev–Trinajstić information content (AvgIpc) is 2.62. The molecule has 0 unspecified atom stereocenters. The number of likely N-dealkylation sites (N-methyl/N-ethyl adjacent to an activating group) is 1. The second-order valence-corrected chi connectivity index (χ2v) is 6.34. The van der Waals surface area contributed by atoms with Crippen LogP contribution in [0, 0.1) is 6.92 Å². The van der Waals surface area contributed by atoms with Gasteiger partial charge in [-0.15, -0.1) is 0 Å². The first kappa shape index (κ1) is 17.1. The van der Waals surface area contributed by atoms with E-state index in [2.05, 4.69) is 16.3 Å². The van der Waals surface area contributed by atoms with Gasteiger partial charge in [0.25, 0.3) is 0 Å². The first-order valence-electron chi connectivity index (χ1n) is 8.43. The van der Waals surface area contributed by atoms with Crippen LogP contribution in [0.2, 0.25) is 0 Å². The van der Waals surface area contributed by atoms with Crippen LogP contribution in [0.25, 0.3) is 0 Å². The molecule has 132 valence electrons. The molecule has 1 atom stereocenters.